The van der Waals surface area contributed by atoms with E-state index >= 15 is 0 Å². The lowest BCUT2D eigenvalue weighted by Crippen LogP contribution is -2.47. The number of amides is 1. The molecule has 10 heteroatoms. The van der Waals surface area contributed by atoms with Crippen molar-refractivity contribution in [1.29, 1.82) is 0 Å². The molecule has 1 aliphatic rings. The minimum atomic E-state index is -1.06. The molecule has 0 aliphatic carbocycles. The van der Waals surface area contributed by atoms with Crippen molar-refractivity contribution in [3.63, 3.8) is 0 Å². The maximum absolute atomic E-state index is 13.4. The molecule has 0 saturated carbocycles. The van der Waals surface area contributed by atoms with Crippen LogP contribution in [0.4, 0.5) is 20.6 Å². The lowest BCUT2D eigenvalue weighted by Gasteiger charge is -2.31. The standard InChI is InChI=1S/C12H13ClFN3O5/c13-8-3-11(17(20)21)10(4-9(8)14)15-5-7-6-16(12(18)19)1-2-22-7/h3-4,7,15H,1-2,5-6H2,(H,18,19)/t7-/m0/s1. The number of halogens is 2. The van der Waals surface area contributed by atoms with Crippen LogP contribution >= 0.6 is 11.6 Å². The summed E-state index contributed by atoms with van der Waals surface area (Å²) in [5, 5.41) is 22.2. The molecule has 1 aliphatic heterocycles. The molecule has 1 aromatic rings. The van der Waals surface area contributed by atoms with Gasteiger partial charge in [0.1, 0.15) is 11.5 Å². The third-order valence-corrected chi connectivity index (χ3v) is 3.45. The second kappa shape index (κ2) is 6.75. The van der Waals surface area contributed by atoms with E-state index in [2.05, 4.69) is 5.32 Å². The summed E-state index contributed by atoms with van der Waals surface area (Å²) in [6.07, 6.45) is -1.54. The first-order valence-electron chi connectivity index (χ1n) is 6.35. The van der Waals surface area contributed by atoms with Crippen molar-refractivity contribution in [3.8, 4) is 0 Å². The van der Waals surface area contributed by atoms with Gasteiger partial charge in [0, 0.05) is 25.2 Å². The first-order valence-corrected chi connectivity index (χ1v) is 6.73. The highest BCUT2D eigenvalue weighted by molar-refractivity contribution is 6.31. The lowest BCUT2D eigenvalue weighted by molar-refractivity contribution is -0.384. The Labute approximate surface area is 129 Å². The first kappa shape index (κ1) is 16.2. The second-order valence-electron chi connectivity index (χ2n) is 4.64. The predicted octanol–water partition coefficient (Wildman–Crippen LogP) is 2.18. The molecule has 0 aromatic heterocycles. The van der Waals surface area contributed by atoms with E-state index in [9.17, 15) is 19.3 Å². The predicted molar refractivity (Wildman–Crippen MR) is 75.9 cm³/mol. The minimum Gasteiger partial charge on any atom is -0.465 e. The number of carboxylic acid groups (broad SMARTS) is 1. The highest BCUT2D eigenvalue weighted by Gasteiger charge is 2.25. The average Bonchev–Trinajstić information content (AvgIpc) is 2.48. The molecule has 1 heterocycles. The number of anilines is 1. The zero-order valence-corrected chi connectivity index (χ0v) is 12.0. The molecule has 120 valence electrons. The molecule has 8 nitrogen and oxygen atoms in total. The van der Waals surface area contributed by atoms with Crippen molar-refractivity contribution in [2.45, 2.75) is 6.10 Å². The van der Waals surface area contributed by atoms with Crippen molar-refractivity contribution in [2.24, 2.45) is 0 Å². The molecule has 1 atom stereocenters. The summed E-state index contributed by atoms with van der Waals surface area (Å²) in [7, 11) is 0. The SMILES string of the molecule is O=C(O)N1CCO[C@@H](CNc2cc(F)c(Cl)cc2[N+](=O)[O-])C1. The van der Waals surface area contributed by atoms with Gasteiger partial charge in [-0.15, -0.1) is 0 Å². The quantitative estimate of drug-likeness (QED) is 0.646. The Morgan fingerprint density at radius 3 is 3.00 bits per heavy atom. The third-order valence-electron chi connectivity index (χ3n) is 3.16. The van der Waals surface area contributed by atoms with Gasteiger partial charge in [-0.05, 0) is 0 Å². The Balaban J connectivity index is 2.06. The number of rotatable bonds is 4. The molecule has 0 unspecified atom stereocenters. The summed E-state index contributed by atoms with van der Waals surface area (Å²) in [5.41, 5.74) is -0.403. The van der Waals surface area contributed by atoms with Gasteiger partial charge in [0.25, 0.3) is 5.69 Å². The van der Waals surface area contributed by atoms with Crippen LogP contribution in [0, 0.1) is 15.9 Å². The van der Waals surface area contributed by atoms with Crippen LogP contribution in [0.5, 0.6) is 0 Å². The van der Waals surface area contributed by atoms with Gasteiger partial charge < -0.3 is 20.1 Å². The normalized spacial score (nSPS) is 18.1. The van der Waals surface area contributed by atoms with E-state index < -0.39 is 22.9 Å². The Hall–Kier alpha value is -2.13. The lowest BCUT2D eigenvalue weighted by atomic mass is 10.2. The van der Waals surface area contributed by atoms with Gasteiger partial charge in [-0.2, -0.15) is 0 Å². The van der Waals surface area contributed by atoms with E-state index in [1.807, 2.05) is 0 Å². The number of nitrogens with zero attached hydrogens (tertiary/aromatic N) is 2. The molecule has 1 amide bonds. The van der Waals surface area contributed by atoms with Gasteiger partial charge in [-0.3, -0.25) is 10.1 Å². The molecule has 1 aromatic carbocycles. The number of morpholine rings is 1. The second-order valence-corrected chi connectivity index (χ2v) is 5.05. The molecule has 2 N–H and O–H groups in total. The zero-order valence-electron chi connectivity index (χ0n) is 11.3. The Morgan fingerprint density at radius 1 is 1.64 bits per heavy atom. The van der Waals surface area contributed by atoms with Gasteiger partial charge in [0.15, 0.2) is 0 Å². The molecular weight excluding hydrogens is 321 g/mol. The number of ether oxygens (including phenoxy) is 1. The number of nitro groups is 1. The van der Waals surface area contributed by atoms with E-state index in [4.69, 9.17) is 21.4 Å². The monoisotopic (exact) mass is 333 g/mol. The van der Waals surface area contributed by atoms with Gasteiger partial charge in [-0.1, -0.05) is 11.6 Å². The van der Waals surface area contributed by atoms with Crippen LogP contribution in [0.2, 0.25) is 5.02 Å². The summed E-state index contributed by atoms with van der Waals surface area (Å²) >= 11 is 5.53. The summed E-state index contributed by atoms with van der Waals surface area (Å²) < 4.78 is 18.8. The zero-order chi connectivity index (χ0) is 16.3. The fourth-order valence-corrected chi connectivity index (χ4v) is 2.23. The van der Waals surface area contributed by atoms with Crippen LogP contribution in [0.25, 0.3) is 0 Å². The smallest absolute Gasteiger partial charge is 0.407 e. The van der Waals surface area contributed by atoms with E-state index in [0.29, 0.717) is 0 Å². The molecule has 1 fully saturated rings. The Kier molecular flexibility index (Phi) is 4.99. The highest BCUT2D eigenvalue weighted by atomic mass is 35.5. The first-order chi connectivity index (χ1) is 10.4. The Morgan fingerprint density at radius 2 is 2.36 bits per heavy atom. The average molecular weight is 334 g/mol. The fraction of sp³-hybridized carbons (Fsp3) is 0.417. The van der Waals surface area contributed by atoms with Crippen LogP contribution < -0.4 is 5.32 Å². The van der Waals surface area contributed by atoms with Crippen LogP contribution in [0.15, 0.2) is 12.1 Å². The number of hydrogen-bond donors (Lipinski definition) is 2. The summed E-state index contributed by atoms with van der Waals surface area (Å²) in [6, 6.07) is 1.85. The third kappa shape index (κ3) is 3.74. The molecule has 22 heavy (non-hydrogen) atoms. The molecule has 2 rings (SSSR count). The molecular formula is C12H13ClFN3O5. The van der Waals surface area contributed by atoms with Crippen LogP contribution in [-0.2, 0) is 4.74 Å². The molecule has 0 radical (unpaired) electrons. The van der Waals surface area contributed by atoms with Crippen LogP contribution in [0.1, 0.15) is 0 Å². The highest BCUT2D eigenvalue weighted by Crippen LogP contribution is 2.30. The van der Waals surface area contributed by atoms with Gasteiger partial charge in [-0.25, -0.2) is 9.18 Å². The van der Waals surface area contributed by atoms with Gasteiger partial charge in [0.2, 0.25) is 0 Å². The van der Waals surface area contributed by atoms with E-state index in [1.165, 1.54) is 4.90 Å². The van der Waals surface area contributed by atoms with Gasteiger partial charge >= 0.3 is 6.09 Å². The fourth-order valence-electron chi connectivity index (χ4n) is 2.07. The maximum Gasteiger partial charge on any atom is 0.407 e. The number of nitrogens with one attached hydrogen (secondary N) is 1. The number of benzene rings is 1. The summed E-state index contributed by atoms with van der Waals surface area (Å²) in [5.74, 6) is -0.786. The minimum absolute atomic E-state index is 0.0389. The largest absolute Gasteiger partial charge is 0.465 e. The van der Waals surface area contributed by atoms with Crippen molar-refractivity contribution in [3.05, 3.63) is 33.1 Å². The van der Waals surface area contributed by atoms with Crippen molar-refractivity contribution < 1.29 is 24.0 Å². The molecule has 0 spiro atoms. The van der Waals surface area contributed by atoms with Crippen LogP contribution in [-0.4, -0.2) is 53.4 Å². The maximum atomic E-state index is 13.4. The number of hydrogen-bond acceptors (Lipinski definition) is 5. The molecule has 1 saturated heterocycles. The van der Waals surface area contributed by atoms with Crippen molar-refractivity contribution in [1.82, 2.24) is 4.90 Å². The number of nitro benzene ring substituents is 1. The van der Waals surface area contributed by atoms with E-state index in [-0.39, 0.29) is 42.6 Å². The number of carbonyl (C=O) groups is 1. The van der Waals surface area contributed by atoms with E-state index in [0.717, 1.165) is 12.1 Å². The summed E-state index contributed by atoms with van der Waals surface area (Å²) in [6.45, 7) is 0.731. The Bertz CT molecular complexity index is 600. The summed E-state index contributed by atoms with van der Waals surface area (Å²) in [4.78, 5) is 22.3. The van der Waals surface area contributed by atoms with E-state index in [1.54, 1.807) is 0 Å². The van der Waals surface area contributed by atoms with Gasteiger partial charge in [0.05, 0.1) is 29.2 Å². The van der Waals surface area contributed by atoms with Crippen LogP contribution in [0.3, 0.4) is 0 Å². The topological polar surface area (TPSA) is 105 Å². The van der Waals surface area contributed by atoms with Crippen molar-refractivity contribution >= 4 is 29.1 Å². The van der Waals surface area contributed by atoms with Crippen molar-refractivity contribution in [2.75, 3.05) is 31.6 Å². The molecule has 0 bridgehead atoms.